The van der Waals surface area contributed by atoms with Crippen molar-refractivity contribution in [2.24, 2.45) is 0 Å². The molecule has 0 spiro atoms. The number of anilines is 2. The summed E-state index contributed by atoms with van der Waals surface area (Å²) in [5, 5.41) is 13.6. The predicted molar refractivity (Wildman–Crippen MR) is 94.6 cm³/mol. The van der Waals surface area contributed by atoms with Crippen LogP contribution in [0.3, 0.4) is 0 Å². The lowest BCUT2D eigenvalue weighted by Gasteiger charge is -2.08. The van der Waals surface area contributed by atoms with Gasteiger partial charge in [-0.15, -0.1) is 3.89 Å². The first-order chi connectivity index (χ1) is 12.6. The summed E-state index contributed by atoms with van der Waals surface area (Å²) in [7, 11) is -4.83. The van der Waals surface area contributed by atoms with Crippen LogP contribution in [0.5, 0.6) is 0 Å². The molecule has 0 saturated heterocycles. The lowest BCUT2D eigenvalue weighted by atomic mass is 10.2. The fourth-order valence-electron chi connectivity index (χ4n) is 2.05. The molecule has 0 fully saturated rings. The first-order valence-electron chi connectivity index (χ1n) is 7.63. The van der Waals surface area contributed by atoms with Crippen LogP contribution < -0.4 is 10.6 Å². The quantitative estimate of drug-likeness (QED) is 0.618. The molecule has 27 heavy (non-hydrogen) atoms. The van der Waals surface area contributed by atoms with E-state index >= 15 is 0 Å². The molecule has 3 N–H and O–H groups in total. The van der Waals surface area contributed by atoms with Crippen LogP contribution in [0.25, 0.3) is 0 Å². The number of benzene rings is 2. The first kappa shape index (κ1) is 20.0. The van der Waals surface area contributed by atoms with E-state index in [0.717, 1.165) is 12.1 Å². The molecular formula is C17H15FN2O6S. The van der Waals surface area contributed by atoms with Crippen molar-refractivity contribution >= 4 is 39.4 Å². The van der Waals surface area contributed by atoms with Crippen LogP contribution in [-0.2, 0) is 19.8 Å². The topological polar surface area (TPSA) is 130 Å². The van der Waals surface area contributed by atoms with E-state index < -0.39 is 32.9 Å². The minimum Gasteiger partial charge on any atom is -0.481 e. The van der Waals surface area contributed by atoms with Gasteiger partial charge in [-0.2, -0.15) is 8.42 Å². The Balaban J connectivity index is 1.96. The lowest BCUT2D eigenvalue weighted by molar-refractivity contribution is -0.138. The third kappa shape index (κ3) is 6.19. The van der Waals surface area contributed by atoms with Crippen molar-refractivity contribution in [3.8, 4) is 0 Å². The van der Waals surface area contributed by atoms with E-state index in [1.807, 2.05) is 0 Å². The van der Waals surface area contributed by atoms with Crippen LogP contribution >= 0.6 is 0 Å². The fraction of sp³-hybridized carbons (Fsp3) is 0.118. The van der Waals surface area contributed by atoms with Crippen LogP contribution in [0.1, 0.15) is 23.2 Å². The van der Waals surface area contributed by atoms with Crippen molar-refractivity contribution in [1.82, 2.24) is 0 Å². The molecule has 0 aliphatic carbocycles. The summed E-state index contributed by atoms with van der Waals surface area (Å²) in [6.07, 6.45) is -0.430. The zero-order valence-electron chi connectivity index (χ0n) is 13.8. The van der Waals surface area contributed by atoms with Gasteiger partial charge in [0.05, 0.1) is 11.3 Å². The summed E-state index contributed by atoms with van der Waals surface area (Å²) in [6.45, 7) is 0. The van der Waals surface area contributed by atoms with Crippen molar-refractivity contribution in [2.75, 3.05) is 10.6 Å². The molecule has 0 heterocycles. The van der Waals surface area contributed by atoms with Crippen molar-refractivity contribution in [2.45, 2.75) is 17.7 Å². The maximum atomic E-state index is 12.8. The summed E-state index contributed by atoms with van der Waals surface area (Å²) in [4.78, 5) is 33.5. The highest BCUT2D eigenvalue weighted by Crippen LogP contribution is 2.17. The summed E-state index contributed by atoms with van der Waals surface area (Å²) in [5.74, 6) is -2.05. The number of nitrogens with one attached hydrogen (secondary N) is 2. The number of aliphatic carboxylic acids is 1. The fourth-order valence-corrected chi connectivity index (χ4v) is 2.51. The molecule has 0 atom stereocenters. The number of carboxylic acids is 1. The third-order valence-electron chi connectivity index (χ3n) is 3.39. The zero-order chi connectivity index (χ0) is 20.0. The van der Waals surface area contributed by atoms with Crippen LogP contribution in [0, 0.1) is 0 Å². The van der Waals surface area contributed by atoms with E-state index in [2.05, 4.69) is 10.6 Å². The van der Waals surface area contributed by atoms with Gasteiger partial charge in [0.1, 0.15) is 0 Å². The Bertz CT molecular complexity index is 956. The molecule has 0 saturated carbocycles. The summed E-state index contributed by atoms with van der Waals surface area (Å²) < 4.78 is 34.4. The van der Waals surface area contributed by atoms with Gasteiger partial charge >= 0.3 is 16.2 Å². The molecule has 0 aromatic heterocycles. The van der Waals surface area contributed by atoms with Gasteiger partial charge < -0.3 is 15.7 Å². The Morgan fingerprint density at radius 3 is 1.85 bits per heavy atom. The molecule has 0 bridgehead atoms. The van der Waals surface area contributed by atoms with Crippen LogP contribution in [-0.4, -0.2) is 31.3 Å². The Hall–Kier alpha value is -3.27. The minimum atomic E-state index is -4.83. The molecule has 2 amide bonds. The normalized spacial score (nSPS) is 10.9. The van der Waals surface area contributed by atoms with Gasteiger partial charge in [0.25, 0.3) is 5.91 Å². The number of carbonyl (C=O) groups excluding carboxylic acids is 2. The largest absolute Gasteiger partial charge is 0.481 e. The van der Waals surface area contributed by atoms with Gasteiger partial charge in [-0.25, -0.2) is 0 Å². The number of amides is 2. The predicted octanol–water partition coefficient (Wildman–Crippen LogP) is 2.40. The van der Waals surface area contributed by atoms with E-state index in [1.165, 1.54) is 36.4 Å². The van der Waals surface area contributed by atoms with Gasteiger partial charge in [0.15, 0.2) is 0 Å². The summed E-state index contributed by atoms with van der Waals surface area (Å²) >= 11 is 0. The maximum absolute atomic E-state index is 12.8. The Kier molecular flexibility index (Phi) is 6.24. The van der Waals surface area contributed by atoms with Gasteiger partial charge in [0, 0.05) is 23.4 Å². The number of rotatable bonds is 7. The van der Waals surface area contributed by atoms with Crippen molar-refractivity contribution in [3.63, 3.8) is 0 Å². The second-order valence-electron chi connectivity index (χ2n) is 5.44. The maximum Gasteiger partial charge on any atom is 0.332 e. The number of hydrogen-bond donors (Lipinski definition) is 3. The Labute approximate surface area is 154 Å². The van der Waals surface area contributed by atoms with Crippen molar-refractivity contribution in [1.29, 1.82) is 0 Å². The molecular weight excluding hydrogens is 379 g/mol. The zero-order valence-corrected chi connectivity index (χ0v) is 14.6. The molecule has 2 aromatic rings. The molecule has 2 aromatic carbocycles. The van der Waals surface area contributed by atoms with Crippen molar-refractivity contribution in [3.05, 3.63) is 54.1 Å². The highest BCUT2D eigenvalue weighted by molar-refractivity contribution is 7.86. The van der Waals surface area contributed by atoms with Gasteiger partial charge in [-0.1, -0.05) is 0 Å². The molecule has 0 aliphatic heterocycles. The lowest BCUT2D eigenvalue weighted by Crippen LogP contribution is -2.14. The molecule has 0 radical (unpaired) electrons. The van der Waals surface area contributed by atoms with Crippen LogP contribution in [0.2, 0.25) is 0 Å². The molecule has 10 heteroatoms. The second-order valence-corrected chi connectivity index (χ2v) is 6.78. The average molecular weight is 394 g/mol. The molecule has 142 valence electrons. The molecule has 8 nitrogen and oxygen atoms in total. The molecule has 0 unspecified atom stereocenters. The molecule has 2 rings (SSSR count). The Morgan fingerprint density at radius 2 is 1.37 bits per heavy atom. The van der Waals surface area contributed by atoms with Crippen LogP contribution in [0.15, 0.2) is 53.4 Å². The van der Waals surface area contributed by atoms with E-state index in [9.17, 15) is 26.7 Å². The number of carbonyl (C=O) groups is 3. The average Bonchev–Trinajstić information content (AvgIpc) is 2.61. The van der Waals surface area contributed by atoms with Crippen LogP contribution in [0.4, 0.5) is 15.3 Å². The summed E-state index contributed by atoms with van der Waals surface area (Å²) in [5.41, 5.74) is 0.972. The highest BCUT2D eigenvalue weighted by Gasteiger charge is 2.13. The highest BCUT2D eigenvalue weighted by atomic mass is 32.3. The van der Waals surface area contributed by atoms with E-state index in [0.29, 0.717) is 11.4 Å². The second kappa shape index (κ2) is 8.41. The number of hydrogen-bond acceptors (Lipinski definition) is 5. The number of halogens is 1. The van der Waals surface area contributed by atoms with Gasteiger partial charge in [0.2, 0.25) is 5.91 Å². The standard InChI is InChI=1S/C17H15FN2O6S/c18-27(25,26)14-7-1-11(2-8-14)17(24)20-13-5-3-12(4-6-13)19-15(21)9-10-16(22)23/h1-8H,9-10H2,(H,19,21)(H,20,24)(H,22,23). The minimum absolute atomic E-state index is 0.133. The molecule has 0 aliphatic rings. The number of carboxylic acid groups (broad SMARTS) is 1. The van der Waals surface area contributed by atoms with Crippen molar-refractivity contribution < 1.29 is 31.8 Å². The van der Waals surface area contributed by atoms with Gasteiger partial charge in [-0.05, 0) is 48.5 Å². The van der Waals surface area contributed by atoms with E-state index in [-0.39, 0.29) is 18.4 Å². The van der Waals surface area contributed by atoms with Gasteiger partial charge in [-0.3, -0.25) is 14.4 Å². The van der Waals surface area contributed by atoms with E-state index in [1.54, 1.807) is 0 Å². The smallest absolute Gasteiger partial charge is 0.332 e. The van der Waals surface area contributed by atoms with E-state index in [4.69, 9.17) is 5.11 Å². The first-order valence-corrected chi connectivity index (χ1v) is 9.01. The third-order valence-corrected chi connectivity index (χ3v) is 4.23. The summed E-state index contributed by atoms with van der Waals surface area (Å²) in [6, 6.07) is 10.4. The Morgan fingerprint density at radius 1 is 0.852 bits per heavy atom. The SMILES string of the molecule is O=C(O)CCC(=O)Nc1ccc(NC(=O)c2ccc(S(=O)(=O)F)cc2)cc1. The monoisotopic (exact) mass is 394 g/mol.